The fraction of sp³-hybridized carbons (Fsp3) is 0.906. The van der Waals surface area contributed by atoms with Crippen molar-refractivity contribution in [2.75, 3.05) is 7.11 Å². The Balaban J connectivity index is 1.63. The van der Waals surface area contributed by atoms with E-state index in [1.165, 1.54) is 5.57 Å². The van der Waals surface area contributed by atoms with Crippen molar-refractivity contribution >= 4 is 5.97 Å². The molecule has 204 valence electrons. The van der Waals surface area contributed by atoms with Crippen molar-refractivity contribution in [2.45, 2.75) is 119 Å². The van der Waals surface area contributed by atoms with E-state index in [0.29, 0.717) is 24.2 Å². The molecule has 0 aliphatic heterocycles. The second-order valence-electron chi connectivity index (χ2n) is 15.7. The van der Waals surface area contributed by atoms with Gasteiger partial charge in [-0.15, -0.1) is 0 Å². The average molecular weight is 501 g/mol. The van der Waals surface area contributed by atoms with Crippen LogP contribution in [0.25, 0.3) is 0 Å². The molecule has 10 atom stereocenters. The Labute approximate surface area is 219 Å². The summed E-state index contributed by atoms with van der Waals surface area (Å²) in [5.41, 5.74) is 1.14. The van der Waals surface area contributed by atoms with Crippen molar-refractivity contribution in [3.05, 3.63) is 11.6 Å². The zero-order chi connectivity index (χ0) is 26.7. The van der Waals surface area contributed by atoms with Crippen LogP contribution in [0.5, 0.6) is 0 Å². The van der Waals surface area contributed by atoms with Crippen LogP contribution >= 0.6 is 0 Å². The number of aliphatic hydroxyl groups excluding tert-OH is 2. The van der Waals surface area contributed by atoms with Crippen molar-refractivity contribution in [2.24, 2.45) is 56.2 Å². The minimum absolute atomic E-state index is 0.00638. The fourth-order valence-corrected chi connectivity index (χ4v) is 11.3. The monoisotopic (exact) mass is 500 g/mol. The number of aliphatic hydroxyl groups is 2. The van der Waals surface area contributed by atoms with Crippen LogP contribution in [0.4, 0.5) is 0 Å². The second kappa shape index (κ2) is 7.84. The van der Waals surface area contributed by atoms with Crippen LogP contribution in [0.15, 0.2) is 11.6 Å². The molecular weight excluding hydrogens is 448 g/mol. The van der Waals surface area contributed by atoms with Gasteiger partial charge in [-0.3, -0.25) is 4.79 Å². The van der Waals surface area contributed by atoms with Gasteiger partial charge in [0.25, 0.3) is 0 Å². The molecule has 4 nitrogen and oxygen atoms in total. The molecule has 0 bridgehead atoms. The van der Waals surface area contributed by atoms with Gasteiger partial charge in [-0.25, -0.2) is 0 Å². The summed E-state index contributed by atoms with van der Waals surface area (Å²) in [5, 5.41) is 22.0. The molecule has 0 radical (unpaired) electrons. The third-order valence-corrected chi connectivity index (χ3v) is 14.0. The summed E-state index contributed by atoms with van der Waals surface area (Å²) in [5.74, 6) is 1.49. The zero-order valence-corrected chi connectivity index (χ0v) is 24.4. The summed E-state index contributed by atoms with van der Waals surface area (Å²) in [7, 11) is 1.58. The number of rotatable bonds is 1. The highest BCUT2D eigenvalue weighted by Gasteiger charge is 2.70. The van der Waals surface area contributed by atoms with Gasteiger partial charge in [0.15, 0.2) is 0 Å². The van der Waals surface area contributed by atoms with Crippen molar-refractivity contribution in [3.63, 3.8) is 0 Å². The minimum atomic E-state index is -0.667. The van der Waals surface area contributed by atoms with E-state index in [1.54, 1.807) is 7.11 Å². The molecule has 5 rings (SSSR count). The summed E-state index contributed by atoms with van der Waals surface area (Å²) in [4.78, 5) is 13.5. The first-order valence-corrected chi connectivity index (χ1v) is 14.7. The quantitative estimate of drug-likeness (QED) is 0.317. The number of allylic oxidation sites excluding steroid dienone is 2. The molecular formula is C32H52O4. The van der Waals surface area contributed by atoms with E-state index in [4.69, 9.17) is 4.74 Å². The number of hydrogen-bond donors (Lipinski definition) is 2. The molecule has 0 aromatic rings. The lowest BCUT2D eigenvalue weighted by Crippen LogP contribution is -2.67. The highest BCUT2D eigenvalue weighted by molar-refractivity contribution is 5.78. The molecule has 0 amide bonds. The van der Waals surface area contributed by atoms with E-state index in [0.717, 1.165) is 44.9 Å². The van der Waals surface area contributed by atoms with Gasteiger partial charge in [0.2, 0.25) is 0 Å². The SMILES string of the molecule is COC(=O)C12CCC(C)(C)C(C)C1C1=CCC3C4(C)CC(O)C(O)C(C)(C)C4CCC3(C)C1(C)CC2. The van der Waals surface area contributed by atoms with E-state index < -0.39 is 17.6 Å². The first-order valence-electron chi connectivity index (χ1n) is 14.7. The zero-order valence-electron chi connectivity index (χ0n) is 24.4. The maximum Gasteiger partial charge on any atom is 0.312 e. The highest BCUT2D eigenvalue weighted by Crippen LogP contribution is 2.76. The molecule has 5 aliphatic rings. The van der Waals surface area contributed by atoms with Crippen molar-refractivity contribution in [1.82, 2.24) is 0 Å². The molecule has 0 spiro atoms. The van der Waals surface area contributed by atoms with E-state index >= 15 is 0 Å². The third-order valence-electron chi connectivity index (χ3n) is 14.0. The maximum atomic E-state index is 13.5. The standard InChI is InChI=1S/C32H52O4/c1-19-24-20-10-11-23-29(6)18-21(33)25(34)28(4,5)22(29)12-13-31(23,8)30(20,7)15-17-32(24,26(35)36-9)16-14-27(19,2)3/h10,19,21-25,33-34H,11-18H2,1-9H3. The van der Waals surface area contributed by atoms with E-state index in [-0.39, 0.29) is 39.0 Å². The lowest BCUT2D eigenvalue weighted by atomic mass is 9.33. The van der Waals surface area contributed by atoms with Gasteiger partial charge in [-0.1, -0.05) is 67.0 Å². The number of ether oxygens (including phenoxy) is 1. The van der Waals surface area contributed by atoms with Gasteiger partial charge >= 0.3 is 5.97 Å². The molecule has 0 heterocycles. The Bertz CT molecular complexity index is 965. The molecule has 0 aromatic heterocycles. The number of carbonyl (C=O) groups excluding carboxylic acids is 1. The summed E-state index contributed by atoms with van der Waals surface area (Å²) in [6, 6.07) is 0. The molecule has 10 unspecified atom stereocenters. The van der Waals surface area contributed by atoms with Gasteiger partial charge in [-0.05, 0) is 102 Å². The molecule has 4 fully saturated rings. The molecule has 4 saturated carbocycles. The fourth-order valence-electron chi connectivity index (χ4n) is 11.3. The van der Waals surface area contributed by atoms with Gasteiger partial charge in [0, 0.05) is 0 Å². The molecule has 36 heavy (non-hydrogen) atoms. The van der Waals surface area contributed by atoms with Crippen molar-refractivity contribution in [3.8, 4) is 0 Å². The summed E-state index contributed by atoms with van der Waals surface area (Å²) < 4.78 is 5.52. The van der Waals surface area contributed by atoms with Crippen LogP contribution in [0.2, 0.25) is 0 Å². The molecule has 0 aromatic carbocycles. The Morgan fingerprint density at radius 3 is 2.22 bits per heavy atom. The maximum absolute atomic E-state index is 13.5. The van der Waals surface area contributed by atoms with Gasteiger partial charge in [0.1, 0.15) is 0 Å². The predicted molar refractivity (Wildman–Crippen MR) is 143 cm³/mol. The third kappa shape index (κ3) is 3.04. The summed E-state index contributed by atoms with van der Waals surface area (Å²) in [6.45, 7) is 19.0. The Hall–Kier alpha value is -0.870. The van der Waals surface area contributed by atoms with Crippen molar-refractivity contribution in [1.29, 1.82) is 0 Å². The van der Waals surface area contributed by atoms with Gasteiger partial charge in [0.05, 0.1) is 24.7 Å². The smallest absolute Gasteiger partial charge is 0.312 e. The molecule has 2 N–H and O–H groups in total. The molecule has 5 aliphatic carbocycles. The number of esters is 1. The number of carbonyl (C=O) groups is 1. The van der Waals surface area contributed by atoms with E-state index in [1.807, 2.05) is 0 Å². The first kappa shape index (κ1) is 26.7. The second-order valence-corrected chi connectivity index (χ2v) is 15.7. The summed E-state index contributed by atoms with van der Waals surface area (Å²) >= 11 is 0. The van der Waals surface area contributed by atoms with Crippen LogP contribution in [-0.4, -0.2) is 35.5 Å². The lowest BCUT2D eigenvalue weighted by molar-refractivity contribution is -0.233. The normalized spacial score (nSPS) is 53.1. The molecule has 0 saturated heterocycles. The Morgan fingerprint density at radius 2 is 1.58 bits per heavy atom. The Morgan fingerprint density at radius 1 is 0.944 bits per heavy atom. The summed E-state index contributed by atoms with van der Waals surface area (Å²) in [6.07, 6.45) is 9.09. The van der Waals surface area contributed by atoms with E-state index in [2.05, 4.69) is 61.5 Å². The van der Waals surface area contributed by atoms with Crippen molar-refractivity contribution < 1.29 is 19.7 Å². The average Bonchev–Trinajstić information content (AvgIpc) is 2.80. The van der Waals surface area contributed by atoms with Gasteiger partial charge < -0.3 is 14.9 Å². The van der Waals surface area contributed by atoms with E-state index in [9.17, 15) is 15.0 Å². The minimum Gasteiger partial charge on any atom is -0.469 e. The number of hydrogen-bond acceptors (Lipinski definition) is 4. The van der Waals surface area contributed by atoms with Crippen LogP contribution in [0.1, 0.15) is 107 Å². The number of methoxy groups -OCH3 is 1. The lowest BCUT2D eigenvalue weighted by Gasteiger charge is -2.72. The van der Waals surface area contributed by atoms with Gasteiger partial charge in [-0.2, -0.15) is 0 Å². The first-order chi connectivity index (χ1) is 16.5. The number of fused-ring (bicyclic) bond motifs is 7. The Kier molecular flexibility index (Phi) is 5.82. The van der Waals surface area contributed by atoms with Crippen LogP contribution < -0.4 is 0 Å². The largest absolute Gasteiger partial charge is 0.469 e. The predicted octanol–water partition coefficient (Wildman–Crippen LogP) is 6.54. The highest BCUT2D eigenvalue weighted by atomic mass is 16.5. The molecule has 4 heteroatoms. The van der Waals surface area contributed by atoms with Crippen LogP contribution in [-0.2, 0) is 9.53 Å². The topological polar surface area (TPSA) is 66.8 Å². The van der Waals surface area contributed by atoms with Crippen LogP contribution in [0.3, 0.4) is 0 Å². The van der Waals surface area contributed by atoms with Crippen LogP contribution in [0, 0.1) is 56.2 Å².